The van der Waals surface area contributed by atoms with Crippen molar-refractivity contribution in [3.8, 4) is 0 Å². The topological polar surface area (TPSA) is 78.4 Å². The largest absolute Gasteiger partial charge is 0.480 e. The highest BCUT2D eigenvalue weighted by molar-refractivity contribution is 7.99. The Morgan fingerprint density at radius 1 is 1.31 bits per heavy atom. The van der Waals surface area contributed by atoms with Crippen molar-refractivity contribution in [1.82, 2.24) is 10.6 Å². The number of hydrogen-bond acceptors (Lipinski definition) is 4. The van der Waals surface area contributed by atoms with E-state index in [1.807, 2.05) is 13.2 Å². The van der Waals surface area contributed by atoms with E-state index >= 15 is 0 Å². The molecule has 0 heterocycles. The molecule has 0 aromatic rings. The molecule has 0 rings (SSSR count). The van der Waals surface area contributed by atoms with E-state index in [4.69, 9.17) is 5.11 Å². The number of hydrogen-bond donors (Lipinski definition) is 3. The average molecular weight is 248 g/mol. The van der Waals surface area contributed by atoms with Crippen LogP contribution in [0.4, 0.5) is 0 Å². The van der Waals surface area contributed by atoms with E-state index in [2.05, 4.69) is 10.6 Å². The maximum Gasteiger partial charge on any atom is 0.327 e. The highest BCUT2D eigenvalue weighted by Crippen LogP contribution is 2.00. The SMILES string of the molecule is CSC(C)NCC(NC(=O)C(C)C)C(=O)O. The fraction of sp³-hybridized carbons (Fsp3) is 0.800. The molecule has 0 aliphatic carbocycles. The molecule has 2 atom stereocenters. The normalized spacial score (nSPS) is 14.6. The molecule has 0 aliphatic heterocycles. The zero-order valence-corrected chi connectivity index (χ0v) is 10.9. The van der Waals surface area contributed by atoms with Crippen LogP contribution in [0.25, 0.3) is 0 Å². The standard InChI is InChI=1S/C10H20N2O3S/c1-6(2)9(13)12-8(10(14)15)5-11-7(3)16-4/h6-8,11H,5H2,1-4H3,(H,12,13)(H,14,15). The Morgan fingerprint density at radius 2 is 1.88 bits per heavy atom. The number of carboxylic acids is 1. The first-order chi connectivity index (χ1) is 7.38. The summed E-state index contributed by atoms with van der Waals surface area (Å²) in [5, 5.41) is 14.6. The lowest BCUT2D eigenvalue weighted by Crippen LogP contribution is -2.49. The van der Waals surface area contributed by atoms with Crippen LogP contribution in [-0.4, -0.2) is 41.2 Å². The Morgan fingerprint density at radius 3 is 2.25 bits per heavy atom. The van der Waals surface area contributed by atoms with Crippen molar-refractivity contribution in [1.29, 1.82) is 0 Å². The molecule has 0 saturated carbocycles. The third kappa shape index (κ3) is 5.97. The van der Waals surface area contributed by atoms with E-state index < -0.39 is 12.0 Å². The van der Waals surface area contributed by atoms with Gasteiger partial charge in [-0.15, -0.1) is 11.8 Å². The maximum absolute atomic E-state index is 11.4. The zero-order chi connectivity index (χ0) is 12.7. The van der Waals surface area contributed by atoms with Gasteiger partial charge >= 0.3 is 5.97 Å². The van der Waals surface area contributed by atoms with Crippen LogP contribution < -0.4 is 10.6 Å². The molecule has 0 fully saturated rings. The molecule has 0 bridgehead atoms. The van der Waals surface area contributed by atoms with Crippen molar-refractivity contribution in [2.24, 2.45) is 5.92 Å². The summed E-state index contributed by atoms with van der Waals surface area (Å²) in [4.78, 5) is 22.3. The molecule has 0 aromatic heterocycles. The van der Waals surface area contributed by atoms with Gasteiger partial charge in [-0.2, -0.15) is 0 Å². The minimum absolute atomic E-state index is 0.165. The molecular weight excluding hydrogens is 228 g/mol. The van der Waals surface area contributed by atoms with Gasteiger partial charge in [0.05, 0.1) is 5.37 Å². The molecule has 16 heavy (non-hydrogen) atoms. The highest BCUT2D eigenvalue weighted by atomic mass is 32.2. The molecule has 1 amide bonds. The van der Waals surface area contributed by atoms with Gasteiger partial charge in [0.1, 0.15) is 6.04 Å². The van der Waals surface area contributed by atoms with E-state index in [1.165, 1.54) is 0 Å². The Balaban J connectivity index is 4.18. The number of carboxylic acid groups (broad SMARTS) is 1. The number of aliphatic carboxylic acids is 1. The van der Waals surface area contributed by atoms with E-state index in [0.717, 1.165) is 0 Å². The van der Waals surface area contributed by atoms with Crippen LogP contribution in [0.1, 0.15) is 20.8 Å². The number of nitrogens with one attached hydrogen (secondary N) is 2. The van der Waals surface area contributed by atoms with Gasteiger partial charge in [-0.1, -0.05) is 13.8 Å². The Hall–Kier alpha value is -0.750. The summed E-state index contributed by atoms with van der Waals surface area (Å²) in [5.74, 6) is -1.47. The van der Waals surface area contributed by atoms with Crippen LogP contribution in [-0.2, 0) is 9.59 Å². The van der Waals surface area contributed by atoms with E-state index in [9.17, 15) is 9.59 Å². The number of carbonyl (C=O) groups excluding carboxylic acids is 1. The Bertz CT molecular complexity index is 246. The molecule has 3 N–H and O–H groups in total. The van der Waals surface area contributed by atoms with Crippen LogP contribution in [0.3, 0.4) is 0 Å². The first kappa shape index (κ1) is 15.2. The number of thioether (sulfide) groups is 1. The second-order valence-electron chi connectivity index (χ2n) is 3.84. The molecule has 2 unspecified atom stereocenters. The van der Waals surface area contributed by atoms with Crippen LogP contribution in [0, 0.1) is 5.92 Å². The van der Waals surface area contributed by atoms with Gasteiger partial charge in [-0.25, -0.2) is 4.79 Å². The summed E-state index contributed by atoms with van der Waals surface area (Å²) in [6.45, 7) is 5.63. The molecule has 5 nitrogen and oxygen atoms in total. The van der Waals surface area contributed by atoms with Crippen LogP contribution in [0.5, 0.6) is 0 Å². The summed E-state index contributed by atoms with van der Waals surface area (Å²) in [7, 11) is 0. The third-order valence-corrected chi connectivity index (χ3v) is 2.98. The molecule has 0 saturated heterocycles. The van der Waals surface area contributed by atoms with Crippen molar-refractivity contribution in [2.45, 2.75) is 32.2 Å². The highest BCUT2D eigenvalue weighted by Gasteiger charge is 2.21. The van der Waals surface area contributed by atoms with Crippen molar-refractivity contribution >= 4 is 23.6 Å². The molecule has 0 spiro atoms. The lowest BCUT2D eigenvalue weighted by molar-refractivity contribution is -0.142. The van der Waals surface area contributed by atoms with Gasteiger partial charge in [-0.3, -0.25) is 4.79 Å². The maximum atomic E-state index is 11.4. The van der Waals surface area contributed by atoms with Gasteiger partial charge in [0.2, 0.25) is 5.91 Å². The average Bonchev–Trinajstić information content (AvgIpc) is 2.22. The summed E-state index contributed by atoms with van der Waals surface area (Å²) < 4.78 is 0. The van der Waals surface area contributed by atoms with Gasteiger partial charge in [0.25, 0.3) is 0 Å². The number of rotatable bonds is 7. The lowest BCUT2D eigenvalue weighted by atomic mass is 10.2. The Kier molecular flexibility index (Phi) is 7.16. The molecule has 94 valence electrons. The molecule has 6 heteroatoms. The molecule has 0 radical (unpaired) electrons. The minimum atomic E-state index is -1.02. The molecule has 0 aliphatic rings. The summed E-state index contributed by atoms with van der Waals surface area (Å²) in [5.41, 5.74) is 0. The van der Waals surface area contributed by atoms with Crippen molar-refractivity contribution in [3.05, 3.63) is 0 Å². The van der Waals surface area contributed by atoms with Gasteiger partial charge in [0, 0.05) is 12.5 Å². The van der Waals surface area contributed by atoms with E-state index in [1.54, 1.807) is 25.6 Å². The quantitative estimate of drug-likeness (QED) is 0.572. The lowest BCUT2D eigenvalue weighted by Gasteiger charge is -2.18. The zero-order valence-electron chi connectivity index (χ0n) is 10.1. The summed E-state index contributed by atoms with van der Waals surface area (Å²) in [6.07, 6.45) is 1.93. The van der Waals surface area contributed by atoms with E-state index in [0.29, 0.717) is 0 Å². The minimum Gasteiger partial charge on any atom is -0.480 e. The first-order valence-corrected chi connectivity index (χ1v) is 6.46. The number of carbonyl (C=O) groups is 2. The predicted molar refractivity (Wildman–Crippen MR) is 65.4 cm³/mol. The number of amides is 1. The fourth-order valence-electron chi connectivity index (χ4n) is 0.906. The molecule has 0 aromatic carbocycles. The summed E-state index contributed by atoms with van der Waals surface area (Å²) in [6, 6.07) is -0.871. The second kappa shape index (κ2) is 7.51. The van der Waals surface area contributed by atoms with Gasteiger partial charge in [0.15, 0.2) is 0 Å². The predicted octanol–water partition coefficient (Wildman–Crippen LogP) is 0.510. The molecular formula is C10H20N2O3S. The van der Waals surface area contributed by atoms with E-state index in [-0.39, 0.29) is 23.7 Å². The van der Waals surface area contributed by atoms with Crippen molar-refractivity contribution in [3.63, 3.8) is 0 Å². The van der Waals surface area contributed by atoms with Gasteiger partial charge in [-0.05, 0) is 13.2 Å². The van der Waals surface area contributed by atoms with Crippen molar-refractivity contribution < 1.29 is 14.7 Å². The third-order valence-electron chi connectivity index (χ3n) is 2.10. The van der Waals surface area contributed by atoms with Crippen molar-refractivity contribution in [2.75, 3.05) is 12.8 Å². The fourth-order valence-corrected chi connectivity index (χ4v) is 1.17. The summed E-state index contributed by atoms with van der Waals surface area (Å²) >= 11 is 1.59. The Labute approximate surface area is 100 Å². The second-order valence-corrected chi connectivity index (χ2v) is 5.02. The first-order valence-electron chi connectivity index (χ1n) is 5.17. The van der Waals surface area contributed by atoms with Crippen LogP contribution in [0.15, 0.2) is 0 Å². The monoisotopic (exact) mass is 248 g/mol. The van der Waals surface area contributed by atoms with Gasteiger partial charge < -0.3 is 15.7 Å². The van der Waals surface area contributed by atoms with Crippen LogP contribution in [0.2, 0.25) is 0 Å². The smallest absolute Gasteiger partial charge is 0.327 e. The van der Waals surface area contributed by atoms with Crippen LogP contribution >= 0.6 is 11.8 Å².